The van der Waals surface area contributed by atoms with E-state index in [1.165, 1.54) is 32.5 Å². The Labute approximate surface area is 156 Å². The van der Waals surface area contributed by atoms with Crippen LogP contribution in [0.15, 0.2) is 27.8 Å². The summed E-state index contributed by atoms with van der Waals surface area (Å²) in [6.45, 7) is 9.77. The van der Waals surface area contributed by atoms with E-state index >= 15 is 0 Å². The molecule has 2 aliphatic heterocycles. The zero-order valence-electron chi connectivity index (χ0n) is 16.0. The summed E-state index contributed by atoms with van der Waals surface area (Å²) in [5, 5.41) is 3.54. The van der Waals surface area contributed by atoms with Crippen molar-refractivity contribution in [2.45, 2.75) is 19.8 Å². The molecular weight excluding hydrogens is 330 g/mol. The molecule has 2 saturated heterocycles. The molecule has 1 atom stereocenters. The highest BCUT2D eigenvalue weighted by Crippen LogP contribution is 2.15. The summed E-state index contributed by atoms with van der Waals surface area (Å²) in [6.07, 6.45) is 4.03. The zero-order valence-corrected chi connectivity index (χ0v) is 16.0. The average Bonchev–Trinajstić information content (AvgIpc) is 3.35. The smallest absolute Gasteiger partial charge is 0.289 e. The van der Waals surface area contributed by atoms with Crippen molar-refractivity contribution in [2.75, 3.05) is 59.4 Å². The van der Waals surface area contributed by atoms with E-state index in [-0.39, 0.29) is 5.91 Å². The quantitative estimate of drug-likeness (QED) is 0.633. The van der Waals surface area contributed by atoms with Crippen LogP contribution in [0.2, 0.25) is 0 Å². The summed E-state index contributed by atoms with van der Waals surface area (Å²) in [6, 6.07) is 3.47. The number of likely N-dealkylation sites (tertiary alicyclic amines) is 1. The number of nitrogens with one attached hydrogen (secondary N) is 1. The molecule has 0 aliphatic carbocycles. The predicted octanol–water partition coefficient (Wildman–Crippen LogP) is 1.34. The molecule has 2 fully saturated rings. The van der Waals surface area contributed by atoms with Gasteiger partial charge in [0.05, 0.1) is 6.26 Å². The first-order chi connectivity index (χ1) is 12.7. The number of hydrogen-bond acceptors (Lipinski definition) is 4. The molecule has 3 heterocycles. The van der Waals surface area contributed by atoms with Crippen molar-refractivity contribution >= 4 is 11.9 Å². The lowest BCUT2D eigenvalue weighted by Crippen LogP contribution is -2.54. The van der Waals surface area contributed by atoms with Crippen LogP contribution >= 0.6 is 0 Å². The number of carbonyl (C=O) groups excluding carboxylic acids is 1. The Morgan fingerprint density at radius 2 is 2.04 bits per heavy atom. The number of guanidine groups is 1. The number of amides is 1. The normalized spacial score (nSPS) is 22.1. The topological polar surface area (TPSA) is 64.3 Å². The molecule has 0 spiro atoms. The number of rotatable bonds is 5. The Morgan fingerprint density at radius 3 is 2.69 bits per heavy atom. The standard InChI is InChI=1S/C19H31N5O2/c1-3-7-22-8-6-16(15-22)14-21-19(20-2)24-11-9-23(10-12-24)18(25)17-5-4-13-26-17/h4-5,13,16H,3,6-12,14-15H2,1-2H3,(H,20,21). The summed E-state index contributed by atoms with van der Waals surface area (Å²) >= 11 is 0. The van der Waals surface area contributed by atoms with Crippen LogP contribution < -0.4 is 5.32 Å². The Balaban J connectivity index is 1.43. The Hall–Kier alpha value is -2.02. The van der Waals surface area contributed by atoms with Crippen LogP contribution in [0.4, 0.5) is 0 Å². The van der Waals surface area contributed by atoms with Gasteiger partial charge in [-0.15, -0.1) is 0 Å². The lowest BCUT2D eigenvalue weighted by molar-refractivity contribution is 0.0657. The number of furan rings is 1. The van der Waals surface area contributed by atoms with Crippen LogP contribution in [0.5, 0.6) is 0 Å². The first-order valence-electron chi connectivity index (χ1n) is 9.72. The minimum Gasteiger partial charge on any atom is -0.459 e. The zero-order chi connectivity index (χ0) is 18.4. The number of hydrogen-bond donors (Lipinski definition) is 1. The van der Waals surface area contributed by atoms with Gasteiger partial charge >= 0.3 is 0 Å². The molecule has 3 rings (SSSR count). The summed E-state index contributed by atoms with van der Waals surface area (Å²) in [5.74, 6) is 2.03. The molecule has 0 radical (unpaired) electrons. The third kappa shape index (κ3) is 4.58. The van der Waals surface area contributed by atoms with Crippen molar-refractivity contribution in [1.29, 1.82) is 0 Å². The monoisotopic (exact) mass is 361 g/mol. The van der Waals surface area contributed by atoms with Crippen molar-refractivity contribution in [3.63, 3.8) is 0 Å². The second-order valence-electron chi connectivity index (χ2n) is 7.14. The van der Waals surface area contributed by atoms with E-state index in [1.54, 1.807) is 18.4 Å². The average molecular weight is 361 g/mol. The fraction of sp³-hybridized carbons (Fsp3) is 0.684. The van der Waals surface area contributed by atoms with E-state index < -0.39 is 0 Å². The molecule has 1 unspecified atom stereocenters. The molecule has 1 N–H and O–H groups in total. The van der Waals surface area contributed by atoms with Crippen molar-refractivity contribution in [3.8, 4) is 0 Å². The van der Waals surface area contributed by atoms with Gasteiger partial charge in [0, 0.05) is 46.3 Å². The van der Waals surface area contributed by atoms with Crippen LogP contribution in [0.25, 0.3) is 0 Å². The molecule has 144 valence electrons. The molecular formula is C19H31N5O2. The SMILES string of the molecule is CCCN1CCC(CNC(=NC)N2CCN(C(=O)c3ccco3)CC2)C1. The van der Waals surface area contributed by atoms with Gasteiger partial charge in [-0.25, -0.2) is 0 Å². The van der Waals surface area contributed by atoms with Crippen LogP contribution in [-0.4, -0.2) is 86.0 Å². The first-order valence-corrected chi connectivity index (χ1v) is 9.72. The van der Waals surface area contributed by atoms with Gasteiger partial charge in [-0.3, -0.25) is 9.79 Å². The van der Waals surface area contributed by atoms with Crippen LogP contribution in [0, 0.1) is 5.92 Å². The largest absolute Gasteiger partial charge is 0.459 e. The minimum absolute atomic E-state index is 0.0282. The summed E-state index contributed by atoms with van der Waals surface area (Å²) in [7, 11) is 1.83. The molecule has 7 nitrogen and oxygen atoms in total. The van der Waals surface area contributed by atoms with Gasteiger partial charge < -0.3 is 24.4 Å². The van der Waals surface area contributed by atoms with Crippen molar-refractivity contribution in [2.24, 2.45) is 10.9 Å². The van der Waals surface area contributed by atoms with Crippen molar-refractivity contribution in [3.05, 3.63) is 24.2 Å². The second kappa shape index (κ2) is 9.07. The molecule has 0 bridgehead atoms. The predicted molar refractivity (Wildman–Crippen MR) is 102 cm³/mol. The van der Waals surface area contributed by atoms with Gasteiger partial charge in [-0.2, -0.15) is 0 Å². The molecule has 1 aromatic rings. The van der Waals surface area contributed by atoms with Gasteiger partial charge in [-0.05, 0) is 44.0 Å². The number of nitrogens with zero attached hydrogens (tertiary/aromatic N) is 4. The minimum atomic E-state index is -0.0282. The van der Waals surface area contributed by atoms with E-state index in [1.807, 2.05) is 11.9 Å². The summed E-state index contributed by atoms with van der Waals surface area (Å²) in [4.78, 5) is 23.4. The fourth-order valence-corrected chi connectivity index (χ4v) is 3.84. The highest BCUT2D eigenvalue weighted by atomic mass is 16.3. The third-order valence-corrected chi connectivity index (χ3v) is 5.27. The summed E-state index contributed by atoms with van der Waals surface area (Å²) < 4.78 is 5.22. The van der Waals surface area contributed by atoms with Gasteiger partial charge in [-0.1, -0.05) is 6.92 Å². The second-order valence-corrected chi connectivity index (χ2v) is 7.14. The van der Waals surface area contributed by atoms with E-state index in [2.05, 4.69) is 27.0 Å². The van der Waals surface area contributed by atoms with E-state index in [0.717, 1.165) is 25.6 Å². The van der Waals surface area contributed by atoms with E-state index in [4.69, 9.17) is 4.42 Å². The fourth-order valence-electron chi connectivity index (χ4n) is 3.84. The van der Waals surface area contributed by atoms with Crippen LogP contribution in [-0.2, 0) is 0 Å². The first kappa shape index (κ1) is 18.8. The number of piperazine rings is 1. The maximum absolute atomic E-state index is 12.4. The van der Waals surface area contributed by atoms with E-state index in [9.17, 15) is 4.79 Å². The van der Waals surface area contributed by atoms with Crippen LogP contribution in [0.3, 0.4) is 0 Å². The van der Waals surface area contributed by atoms with Gasteiger partial charge in [0.15, 0.2) is 11.7 Å². The molecule has 1 aromatic heterocycles. The summed E-state index contributed by atoms with van der Waals surface area (Å²) in [5.41, 5.74) is 0. The lowest BCUT2D eigenvalue weighted by Gasteiger charge is -2.36. The maximum atomic E-state index is 12.4. The van der Waals surface area contributed by atoms with Gasteiger partial charge in [0.1, 0.15) is 0 Å². The molecule has 2 aliphatic rings. The van der Waals surface area contributed by atoms with Gasteiger partial charge in [0.2, 0.25) is 0 Å². The van der Waals surface area contributed by atoms with Crippen LogP contribution in [0.1, 0.15) is 30.3 Å². The van der Waals surface area contributed by atoms with Crippen molar-refractivity contribution < 1.29 is 9.21 Å². The Bertz CT molecular complexity index is 593. The molecule has 1 amide bonds. The Morgan fingerprint density at radius 1 is 1.27 bits per heavy atom. The molecule has 0 aromatic carbocycles. The highest BCUT2D eigenvalue weighted by molar-refractivity contribution is 5.91. The van der Waals surface area contributed by atoms with Crippen molar-refractivity contribution in [1.82, 2.24) is 20.0 Å². The van der Waals surface area contributed by atoms with E-state index in [0.29, 0.717) is 24.8 Å². The number of aliphatic imine (C=N–C) groups is 1. The Kier molecular flexibility index (Phi) is 6.55. The molecule has 26 heavy (non-hydrogen) atoms. The third-order valence-electron chi connectivity index (χ3n) is 5.27. The molecule has 7 heteroatoms. The number of carbonyl (C=O) groups is 1. The maximum Gasteiger partial charge on any atom is 0.289 e. The lowest BCUT2D eigenvalue weighted by atomic mass is 10.1. The highest BCUT2D eigenvalue weighted by Gasteiger charge is 2.26. The molecule has 0 saturated carbocycles. The van der Waals surface area contributed by atoms with Gasteiger partial charge in [0.25, 0.3) is 5.91 Å².